The third kappa shape index (κ3) is 6.78. The molecule has 0 aliphatic carbocycles. The molecule has 2 N–H and O–H groups in total. The average Bonchev–Trinajstić information content (AvgIpc) is 2.95. The molecule has 0 spiro atoms. The molecule has 1 saturated heterocycles. The predicted molar refractivity (Wildman–Crippen MR) is 148 cm³/mol. The van der Waals surface area contributed by atoms with Crippen molar-refractivity contribution in [3.8, 4) is 22.8 Å². The lowest BCUT2D eigenvalue weighted by atomic mass is 10.1. The monoisotopic (exact) mass is 526 g/mol. The first kappa shape index (κ1) is 25.9. The zero-order valence-electron chi connectivity index (χ0n) is 21.7. The molecular weight excluding hydrogens is 496 g/mol. The Morgan fingerprint density at radius 2 is 1.97 bits per heavy atom. The zero-order valence-corrected chi connectivity index (χ0v) is 21.7. The molecule has 0 amide bonds. The molecule has 0 radical (unpaired) electrons. The predicted octanol–water partition coefficient (Wildman–Crippen LogP) is 4.75. The number of nitrogens with one attached hydrogen (secondary N) is 1. The van der Waals surface area contributed by atoms with Crippen LogP contribution in [0, 0.1) is 0 Å². The Morgan fingerprint density at radius 3 is 2.82 bits per heavy atom. The molecule has 0 saturated carbocycles. The first-order valence-corrected chi connectivity index (χ1v) is 12.9. The van der Waals surface area contributed by atoms with E-state index < -0.39 is 5.97 Å². The number of carboxylic acids is 1. The van der Waals surface area contributed by atoms with Gasteiger partial charge in [0, 0.05) is 18.3 Å². The third-order valence-electron chi connectivity index (χ3n) is 6.24. The van der Waals surface area contributed by atoms with Crippen LogP contribution in [-0.2, 0) is 11.2 Å². The number of anilines is 3. The minimum Gasteiger partial charge on any atom is -0.490 e. The summed E-state index contributed by atoms with van der Waals surface area (Å²) in [7, 11) is 0. The normalized spacial score (nSPS) is 15.0. The van der Waals surface area contributed by atoms with Gasteiger partial charge in [-0.3, -0.25) is 9.78 Å². The Bertz CT molecular complexity index is 1430. The molecule has 2 aromatic heterocycles. The molecule has 10 nitrogen and oxygen atoms in total. The lowest BCUT2D eigenvalue weighted by Gasteiger charge is -2.33. The van der Waals surface area contributed by atoms with E-state index in [9.17, 15) is 4.79 Å². The fourth-order valence-electron chi connectivity index (χ4n) is 4.52. The van der Waals surface area contributed by atoms with Crippen LogP contribution in [0.15, 0.2) is 73.2 Å². The standard InChI is InChI=1S/C29H30N6O4/c1-2-38-24-10-3-4-11-25(24)39-22-9-6-14-35(19-22)27-18-30-17-26(33-27)34-29-31-13-12-23(32-29)21-8-5-7-20(15-21)16-28(36)37/h3-5,7-8,10-13,15,17-18,22H,2,6,9,14,16,19H2,1H3,(H,36,37)(H,31,32,33,34). The van der Waals surface area contributed by atoms with E-state index in [1.54, 1.807) is 30.7 Å². The number of aliphatic carboxylic acids is 1. The topological polar surface area (TPSA) is 123 Å². The molecule has 39 heavy (non-hydrogen) atoms. The van der Waals surface area contributed by atoms with Crippen LogP contribution in [0.4, 0.5) is 17.6 Å². The number of para-hydroxylation sites is 2. The number of hydrogen-bond donors (Lipinski definition) is 2. The summed E-state index contributed by atoms with van der Waals surface area (Å²) in [6.07, 6.45) is 6.88. The second-order valence-electron chi connectivity index (χ2n) is 9.13. The number of benzene rings is 2. The Kier molecular flexibility index (Phi) is 8.11. The number of ether oxygens (including phenoxy) is 2. The van der Waals surface area contributed by atoms with Crippen molar-refractivity contribution in [3.05, 3.63) is 78.8 Å². The Hall–Kier alpha value is -4.73. The van der Waals surface area contributed by atoms with Crippen molar-refractivity contribution >= 4 is 23.6 Å². The molecular formula is C29H30N6O4. The van der Waals surface area contributed by atoms with Crippen LogP contribution < -0.4 is 19.7 Å². The summed E-state index contributed by atoms with van der Waals surface area (Å²) >= 11 is 0. The number of aromatic nitrogens is 4. The van der Waals surface area contributed by atoms with Crippen LogP contribution >= 0.6 is 0 Å². The van der Waals surface area contributed by atoms with E-state index in [1.807, 2.05) is 49.4 Å². The van der Waals surface area contributed by atoms with Gasteiger partial charge in [-0.1, -0.05) is 30.3 Å². The van der Waals surface area contributed by atoms with E-state index in [4.69, 9.17) is 19.6 Å². The van der Waals surface area contributed by atoms with Gasteiger partial charge >= 0.3 is 5.97 Å². The van der Waals surface area contributed by atoms with E-state index in [0.717, 1.165) is 42.3 Å². The van der Waals surface area contributed by atoms with Crippen molar-refractivity contribution in [2.24, 2.45) is 0 Å². The van der Waals surface area contributed by atoms with Crippen LogP contribution in [0.2, 0.25) is 0 Å². The molecule has 1 fully saturated rings. The molecule has 3 heterocycles. The van der Waals surface area contributed by atoms with E-state index in [0.29, 0.717) is 36.2 Å². The second kappa shape index (κ2) is 12.2. The minimum atomic E-state index is -0.877. The van der Waals surface area contributed by atoms with Gasteiger partial charge in [0.15, 0.2) is 17.3 Å². The highest BCUT2D eigenvalue weighted by Gasteiger charge is 2.24. The maximum atomic E-state index is 11.1. The first-order chi connectivity index (χ1) is 19.1. The van der Waals surface area contributed by atoms with Crippen molar-refractivity contribution in [2.75, 3.05) is 29.9 Å². The summed E-state index contributed by atoms with van der Waals surface area (Å²) in [5.74, 6) is 2.25. The maximum absolute atomic E-state index is 11.1. The molecule has 4 aromatic rings. The van der Waals surface area contributed by atoms with E-state index in [-0.39, 0.29) is 12.5 Å². The minimum absolute atomic E-state index is 0.00400. The summed E-state index contributed by atoms with van der Waals surface area (Å²) in [4.78, 5) is 31.3. The first-order valence-electron chi connectivity index (χ1n) is 12.9. The molecule has 10 heteroatoms. The van der Waals surface area contributed by atoms with Crippen molar-refractivity contribution in [2.45, 2.75) is 32.3 Å². The smallest absolute Gasteiger partial charge is 0.307 e. The SMILES string of the molecule is CCOc1ccccc1OC1CCCN(c2cncc(Nc3nccc(-c4cccc(CC(=O)O)c4)n3)n2)C1. The molecule has 1 atom stereocenters. The Balaban J connectivity index is 1.27. The average molecular weight is 527 g/mol. The molecule has 1 unspecified atom stereocenters. The van der Waals surface area contributed by atoms with Gasteiger partial charge in [0.1, 0.15) is 11.9 Å². The second-order valence-corrected chi connectivity index (χ2v) is 9.13. The van der Waals surface area contributed by atoms with Gasteiger partial charge in [0.25, 0.3) is 0 Å². The van der Waals surface area contributed by atoms with Crippen LogP contribution in [-0.4, -0.2) is 56.8 Å². The van der Waals surface area contributed by atoms with Gasteiger partial charge < -0.3 is 24.8 Å². The summed E-state index contributed by atoms with van der Waals surface area (Å²) in [6, 6.07) is 16.8. The van der Waals surface area contributed by atoms with Crippen molar-refractivity contribution in [1.82, 2.24) is 19.9 Å². The number of rotatable bonds is 10. The number of piperidine rings is 1. The number of nitrogens with zero attached hydrogens (tertiary/aromatic N) is 5. The largest absolute Gasteiger partial charge is 0.490 e. The quantitative estimate of drug-likeness (QED) is 0.299. The summed E-state index contributed by atoms with van der Waals surface area (Å²) in [5, 5.41) is 12.2. The highest BCUT2D eigenvalue weighted by atomic mass is 16.5. The highest BCUT2D eigenvalue weighted by Crippen LogP contribution is 2.30. The maximum Gasteiger partial charge on any atom is 0.307 e. The third-order valence-corrected chi connectivity index (χ3v) is 6.24. The molecule has 2 aromatic carbocycles. The lowest BCUT2D eigenvalue weighted by Crippen LogP contribution is -2.41. The number of carboxylic acid groups (broad SMARTS) is 1. The van der Waals surface area contributed by atoms with Gasteiger partial charge in [-0.15, -0.1) is 0 Å². The summed E-state index contributed by atoms with van der Waals surface area (Å²) in [6.45, 7) is 4.07. The highest BCUT2D eigenvalue weighted by molar-refractivity contribution is 5.71. The van der Waals surface area contributed by atoms with E-state index >= 15 is 0 Å². The van der Waals surface area contributed by atoms with Crippen molar-refractivity contribution < 1.29 is 19.4 Å². The van der Waals surface area contributed by atoms with Gasteiger partial charge in [0.05, 0.1) is 37.7 Å². The summed E-state index contributed by atoms with van der Waals surface area (Å²) in [5.41, 5.74) is 2.19. The molecule has 0 bridgehead atoms. The van der Waals surface area contributed by atoms with Gasteiger partial charge in [-0.25, -0.2) is 15.0 Å². The summed E-state index contributed by atoms with van der Waals surface area (Å²) < 4.78 is 12.0. The molecule has 1 aliphatic heterocycles. The lowest BCUT2D eigenvalue weighted by molar-refractivity contribution is -0.136. The zero-order chi connectivity index (χ0) is 27.0. The van der Waals surface area contributed by atoms with Crippen LogP contribution in [0.1, 0.15) is 25.3 Å². The molecule has 5 rings (SSSR count). The van der Waals surface area contributed by atoms with Crippen LogP contribution in [0.3, 0.4) is 0 Å². The Labute approximate surface area is 226 Å². The van der Waals surface area contributed by atoms with Crippen molar-refractivity contribution in [1.29, 1.82) is 0 Å². The van der Waals surface area contributed by atoms with Gasteiger partial charge in [-0.05, 0) is 49.6 Å². The van der Waals surface area contributed by atoms with Gasteiger partial charge in [0.2, 0.25) is 5.95 Å². The van der Waals surface area contributed by atoms with Crippen molar-refractivity contribution in [3.63, 3.8) is 0 Å². The van der Waals surface area contributed by atoms with E-state index in [2.05, 4.69) is 25.2 Å². The van der Waals surface area contributed by atoms with Gasteiger partial charge in [-0.2, -0.15) is 0 Å². The fourth-order valence-corrected chi connectivity index (χ4v) is 4.52. The number of carbonyl (C=O) groups is 1. The van der Waals surface area contributed by atoms with Crippen LogP contribution in [0.5, 0.6) is 11.5 Å². The molecule has 200 valence electrons. The van der Waals surface area contributed by atoms with E-state index in [1.165, 1.54) is 0 Å². The Morgan fingerprint density at radius 1 is 1.10 bits per heavy atom. The fraction of sp³-hybridized carbons (Fsp3) is 0.276. The van der Waals surface area contributed by atoms with Crippen LogP contribution in [0.25, 0.3) is 11.3 Å². The number of hydrogen-bond acceptors (Lipinski definition) is 9. The molecule has 1 aliphatic rings.